The van der Waals surface area contributed by atoms with Crippen molar-refractivity contribution in [2.75, 3.05) is 12.9 Å². The summed E-state index contributed by atoms with van der Waals surface area (Å²) in [6, 6.07) is 23.6. The third kappa shape index (κ3) is 5.34. The van der Waals surface area contributed by atoms with Gasteiger partial charge in [0.25, 0.3) is 0 Å². The van der Waals surface area contributed by atoms with Crippen LogP contribution in [-0.2, 0) is 27.7 Å². The monoisotopic (exact) mass is 437 g/mol. The molecule has 1 aliphatic heterocycles. The molecule has 0 aliphatic carbocycles. The molecular formula is C25H27NO4S. The molecule has 0 saturated carbocycles. The number of fused-ring (bicyclic) bond motifs is 1. The Kier molecular flexibility index (Phi) is 6.41. The Labute approximate surface area is 184 Å². The van der Waals surface area contributed by atoms with Crippen molar-refractivity contribution >= 4 is 10.0 Å². The van der Waals surface area contributed by atoms with E-state index >= 15 is 0 Å². The number of benzene rings is 3. The van der Waals surface area contributed by atoms with E-state index in [1.165, 1.54) is 12.7 Å². The van der Waals surface area contributed by atoms with E-state index in [-0.39, 0.29) is 18.4 Å². The Balaban J connectivity index is 1.38. The highest BCUT2D eigenvalue weighted by molar-refractivity contribution is 7.89. The fourth-order valence-electron chi connectivity index (χ4n) is 3.84. The smallest absolute Gasteiger partial charge is 0.214 e. The number of sulfonamides is 1. The molecule has 1 N–H and O–H groups in total. The number of hydrogen-bond donors (Lipinski definition) is 1. The zero-order chi connectivity index (χ0) is 21.8. The van der Waals surface area contributed by atoms with E-state index in [0.29, 0.717) is 0 Å². The molecule has 0 aromatic heterocycles. The van der Waals surface area contributed by atoms with Gasteiger partial charge in [0.2, 0.25) is 10.0 Å². The second kappa shape index (κ2) is 9.22. The van der Waals surface area contributed by atoms with Crippen LogP contribution < -0.4 is 9.46 Å². The van der Waals surface area contributed by atoms with Gasteiger partial charge in [0.15, 0.2) is 0 Å². The second-order valence-electron chi connectivity index (χ2n) is 7.89. The molecule has 5 nitrogen and oxygen atoms in total. The molecule has 3 aromatic carbocycles. The van der Waals surface area contributed by atoms with E-state index in [9.17, 15) is 8.42 Å². The van der Waals surface area contributed by atoms with Gasteiger partial charge in [0, 0.05) is 20.1 Å². The third-order valence-corrected chi connectivity index (χ3v) is 6.83. The summed E-state index contributed by atoms with van der Waals surface area (Å²) in [7, 11) is -1.98. The first-order valence-electron chi connectivity index (χ1n) is 10.4. The van der Waals surface area contributed by atoms with E-state index < -0.39 is 16.1 Å². The van der Waals surface area contributed by atoms with Gasteiger partial charge < -0.3 is 9.47 Å². The molecule has 6 heteroatoms. The minimum absolute atomic E-state index is 0.124. The van der Waals surface area contributed by atoms with Crippen LogP contribution in [0.5, 0.6) is 5.75 Å². The molecule has 0 spiro atoms. The first-order chi connectivity index (χ1) is 14.9. The third-order valence-electron chi connectivity index (χ3n) is 5.51. The van der Waals surface area contributed by atoms with Crippen molar-refractivity contribution in [2.45, 2.75) is 32.1 Å². The highest BCUT2D eigenvalue weighted by Crippen LogP contribution is 2.33. The average molecular weight is 438 g/mol. The lowest BCUT2D eigenvalue weighted by atomic mass is 10.0. The van der Waals surface area contributed by atoms with Crippen LogP contribution in [0.1, 0.15) is 29.7 Å². The fourth-order valence-corrected chi connectivity index (χ4v) is 5.07. The number of hydrogen-bond acceptors (Lipinski definition) is 4. The van der Waals surface area contributed by atoms with Gasteiger partial charge in [0.05, 0.1) is 11.9 Å². The summed E-state index contributed by atoms with van der Waals surface area (Å²) < 4.78 is 39.0. The van der Waals surface area contributed by atoms with Crippen LogP contribution in [0.3, 0.4) is 0 Å². The van der Waals surface area contributed by atoms with Crippen LogP contribution in [-0.4, -0.2) is 27.4 Å². The first kappa shape index (κ1) is 21.6. The van der Waals surface area contributed by atoms with Gasteiger partial charge in [-0.2, -0.15) is 0 Å². The Hall–Kier alpha value is -2.67. The number of rotatable bonds is 8. The maximum Gasteiger partial charge on any atom is 0.214 e. The molecule has 1 aliphatic rings. The predicted molar refractivity (Wildman–Crippen MR) is 122 cm³/mol. The number of ether oxygens (including phenoxy) is 2. The molecule has 0 radical (unpaired) electrons. The van der Waals surface area contributed by atoms with Gasteiger partial charge in [-0.1, -0.05) is 60.7 Å². The maximum absolute atomic E-state index is 12.6. The van der Waals surface area contributed by atoms with E-state index in [2.05, 4.69) is 23.8 Å². The van der Waals surface area contributed by atoms with Crippen molar-refractivity contribution in [1.82, 2.24) is 4.72 Å². The molecule has 0 amide bonds. The quantitative estimate of drug-likeness (QED) is 0.564. The van der Waals surface area contributed by atoms with Gasteiger partial charge in [-0.15, -0.1) is 0 Å². The summed E-state index contributed by atoms with van der Waals surface area (Å²) >= 11 is 0. The Bertz CT molecular complexity index is 1130. The molecule has 4 rings (SSSR count). The summed E-state index contributed by atoms with van der Waals surface area (Å²) in [6.45, 7) is 2.31. The zero-order valence-corrected chi connectivity index (χ0v) is 18.6. The van der Waals surface area contributed by atoms with E-state index in [0.717, 1.165) is 34.4 Å². The van der Waals surface area contributed by atoms with Crippen molar-refractivity contribution in [3.63, 3.8) is 0 Å². The van der Waals surface area contributed by atoms with Crippen molar-refractivity contribution in [3.8, 4) is 16.9 Å². The van der Waals surface area contributed by atoms with Crippen molar-refractivity contribution in [1.29, 1.82) is 0 Å². The molecule has 0 bridgehead atoms. The van der Waals surface area contributed by atoms with E-state index in [1.54, 1.807) is 0 Å². The van der Waals surface area contributed by atoms with Crippen molar-refractivity contribution < 1.29 is 17.9 Å². The van der Waals surface area contributed by atoms with Gasteiger partial charge in [-0.05, 0) is 46.9 Å². The van der Waals surface area contributed by atoms with Crippen LogP contribution in [0, 0.1) is 0 Å². The SMILES string of the molecule is COC(CS(=O)(=O)NCc1ccc(-c2ccc3c(c2)CC(C)O3)cc1)c1ccccc1. The van der Waals surface area contributed by atoms with Crippen LogP contribution in [0.4, 0.5) is 0 Å². The largest absolute Gasteiger partial charge is 0.490 e. The summed E-state index contributed by atoms with van der Waals surface area (Å²) in [5, 5.41) is 0. The molecule has 31 heavy (non-hydrogen) atoms. The maximum atomic E-state index is 12.6. The van der Waals surface area contributed by atoms with Crippen LogP contribution in [0.25, 0.3) is 11.1 Å². The standard InChI is InChI=1S/C25H27NO4S/c1-18-14-23-15-22(12-13-24(23)30-18)20-10-8-19(9-11-20)16-26-31(27,28)17-25(29-2)21-6-4-3-5-7-21/h3-13,15,18,25-26H,14,16-17H2,1-2H3. The van der Waals surface area contributed by atoms with Gasteiger partial charge in [-0.25, -0.2) is 13.1 Å². The lowest BCUT2D eigenvalue weighted by molar-refractivity contribution is 0.121. The number of nitrogens with one attached hydrogen (secondary N) is 1. The lowest BCUT2D eigenvalue weighted by Gasteiger charge is -2.16. The molecular weight excluding hydrogens is 410 g/mol. The highest BCUT2D eigenvalue weighted by atomic mass is 32.2. The summed E-state index contributed by atoms with van der Waals surface area (Å²) in [5.41, 5.74) is 5.20. The molecule has 0 fully saturated rings. The van der Waals surface area contributed by atoms with Gasteiger partial charge >= 0.3 is 0 Å². The topological polar surface area (TPSA) is 64.6 Å². The second-order valence-corrected chi connectivity index (χ2v) is 9.74. The fraction of sp³-hybridized carbons (Fsp3) is 0.280. The molecule has 162 valence electrons. The van der Waals surface area contributed by atoms with Gasteiger partial charge in [0.1, 0.15) is 11.9 Å². The van der Waals surface area contributed by atoms with Crippen LogP contribution in [0.15, 0.2) is 72.8 Å². The molecule has 1 heterocycles. The zero-order valence-electron chi connectivity index (χ0n) is 17.7. The van der Waals surface area contributed by atoms with Crippen molar-refractivity contribution in [2.24, 2.45) is 0 Å². The molecule has 2 unspecified atom stereocenters. The first-order valence-corrected chi connectivity index (χ1v) is 12.0. The average Bonchev–Trinajstić information content (AvgIpc) is 3.16. The molecule has 3 aromatic rings. The normalized spacial score (nSPS) is 16.5. The Morgan fingerprint density at radius 3 is 2.45 bits per heavy atom. The lowest BCUT2D eigenvalue weighted by Crippen LogP contribution is -2.29. The Morgan fingerprint density at radius 2 is 1.74 bits per heavy atom. The van der Waals surface area contributed by atoms with E-state index in [4.69, 9.17) is 9.47 Å². The van der Waals surface area contributed by atoms with Crippen LogP contribution >= 0.6 is 0 Å². The van der Waals surface area contributed by atoms with Gasteiger partial charge in [-0.3, -0.25) is 0 Å². The minimum Gasteiger partial charge on any atom is -0.490 e. The number of methoxy groups -OCH3 is 1. The van der Waals surface area contributed by atoms with E-state index in [1.807, 2.05) is 60.7 Å². The molecule has 2 atom stereocenters. The Morgan fingerprint density at radius 1 is 1.03 bits per heavy atom. The molecule has 0 saturated heterocycles. The predicted octanol–water partition coefficient (Wildman–Crippen LogP) is 4.48. The summed E-state index contributed by atoms with van der Waals surface area (Å²) in [5.74, 6) is 0.841. The van der Waals surface area contributed by atoms with Crippen LogP contribution in [0.2, 0.25) is 0 Å². The minimum atomic E-state index is -3.50. The summed E-state index contributed by atoms with van der Waals surface area (Å²) in [6.07, 6.45) is 0.641. The highest BCUT2D eigenvalue weighted by Gasteiger charge is 2.21. The van der Waals surface area contributed by atoms with Crippen molar-refractivity contribution in [3.05, 3.63) is 89.5 Å². The summed E-state index contributed by atoms with van der Waals surface area (Å²) in [4.78, 5) is 0.